The van der Waals surface area contributed by atoms with E-state index in [9.17, 15) is 13.5 Å². The van der Waals surface area contributed by atoms with Crippen molar-refractivity contribution < 1.29 is 18.3 Å². The van der Waals surface area contributed by atoms with E-state index >= 15 is 0 Å². The molecule has 0 aliphatic heterocycles. The van der Waals surface area contributed by atoms with E-state index in [1.807, 2.05) is 11.4 Å². The highest BCUT2D eigenvalue weighted by atomic mass is 32.2. The van der Waals surface area contributed by atoms with Gasteiger partial charge in [0.1, 0.15) is 11.4 Å². The van der Waals surface area contributed by atoms with Crippen molar-refractivity contribution in [2.45, 2.75) is 31.3 Å². The maximum absolute atomic E-state index is 12.5. The third kappa shape index (κ3) is 3.92. The van der Waals surface area contributed by atoms with E-state index in [-0.39, 0.29) is 11.4 Å². The van der Waals surface area contributed by atoms with Crippen molar-refractivity contribution in [3.8, 4) is 5.75 Å². The fourth-order valence-electron chi connectivity index (χ4n) is 2.38. The number of nitrogens with one attached hydrogen (secondary N) is 1. The Balaban J connectivity index is 2.23. The zero-order chi connectivity index (χ0) is 17.3. The van der Waals surface area contributed by atoms with Crippen molar-refractivity contribution in [2.24, 2.45) is 0 Å². The largest absolute Gasteiger partial charge is 0.496 e. The molecule has 0 bridgehead atoms. The maximum atomic E-state index is 12.5. The number of thiophene rings is 1. The summed E-state index contributed by atoms with van der Waals surface area (Å²) in [7, 11) is -2.16. The molecule has 1 aromatic carbocycles. The van der Waals surface area contributed by atoms with E-state index < -0.39 is 15.6 Å². The van der Waals surface area contributed by atoms with Crippen LogP contribution in [0.2, 0.25) is 0 Å². The lowest BCUT2D eigenvalue weighted by molar-refractivity contribution is 0.0666. The second-order valence-corrected chi connectivity index (χ2v) is 8.38. The van der Waals surface area contributed by atoms with Gasteiger partial charge in [-0.05, 0) is 55.5 Å². The van der Waals surface area contributed by atoms with Crippen molar-refractivity contribution in [1.29, 1.82) is 0 Å². The molecule has 0 radical (unpaired) electrons. The van der Waals surface area contributed by atoms with Gasteiger partial charge in [0.15, 0.2) is 0 Å². The van der Waals surface area contributed by atoms with Crippen molar-refractivity contribution in [3.05, 3.63) is 45.6 Å². The van der Waals surface area contributed by atoms with Crippen LogP contribution in [0.4, 0.5) is 0 Å². The Morgan fingerprint density at radius 3 is 2.39 bits per heavy atom. The Hall–Kier alpha value is -1.41. The molecule has 0 spiro atoms. The number of rotatable bonds is 6. The Bertz CT molecular complexity index is 757. The predicted octanol–water partition coefficient (Wildman–Crippen LogP) is 2.56. The molecule has 1 heterocycles. The zero-order valence-corrected chi connectivity index (χ0v) is 15.2. The van der Waals surface area contributed by atoms with Crippen LogP contribution in [0.15, 0.2) is 34.5 Å². The lowest BCUT2D eigenvalue weighted by Gasteiger charge is -2.22. The number of ether oxygens (including phenoxy) is 1. The van der Waals surface area contributed by atoms with Gasteiger partial charge in [0, 0.05) is 11.4 Å². The van der Waals surface area contributed by atoms with E-state index in [2.05, 4.69) is 4.72 Å². The molecule has 0 aliphatic carbocycles. The number of aryl methyl sites for hydroxylation is 2. The average molecular weight is 355 g/mol. The van der Waals surface area contributed by atoms with Gasteiger partial charge in [0.25, 0.3) is 0 Å². The Morgan fingerprint density at radius 1 is 1.30 bits per heavy atom. The van der Waals surface area contributed by atoms with Crippen LogP contribution in [0.1, 0.15) is 22.9 Å². The minimum atomic E-state index is -3.72. The fraction of sp³-hybridized carbons (Fsp3) is 0.375. The van der Waals surface area contributed by atoms with Gasteiger partial charge < -0.3 is 9.84 Å². The topological polar surface area (TPSA) is 75.6 Å². The maximum Gasteiger partial charge on any atom is 0.240 e. The molecule has 7 heteroatoms. The lowest BCUT2D eigenvalue weighted by atomic mass is 10.1. The molecule has 0 unspecified atom stereocenters. The molecule has 23 heavy (non-hydrogen) atoms. The Kier molecular flexibility index (Phi) is 5.15. The molecule has 2 rings (SSSR count). The standard InChI is InChI=1S/C16H21NO4S2/c1-11-8-13(9-12(2)15(11)21-4)23(19,20)17-10-16(3,18)14-6-5-7-22-14/h5-9,17-18H,10H2,1-4H3/t16-/m0/s1. The summed E-state index contributed by atoms with van der Waals surface area (Å²) >= 11 is 1.38. The third-order valence-electron chi connectivity index (χ3n) is 3.61. The first-order chi connectivity index (χ1) is 10.7. The van der Waals surface area contributed by atoms with Crippen LogP contribution in [0.3, 0.4) is 0 Å². The number of aliphatic hydroxyl groups is 1. The molecule has 0 saturated heterocycles. The van der Waals surface area contributed by atoms with Gasteiger partial charge in [-0.15, -0.1) is 11.3 Å². The first-order valence-corrected chi connectivity index (χ1v) is 9.45. The quantitative estimate of drug-likeness (QED) is 0.835. The van der Waals surface area contributed by atoms with Gasteiger partial charge in [0.2, 0.25) is 10.0 Å². The molecule has 2 aromatic rings. The van der Waals surface area contributed by atoms with Crippen LogP contribution < -0.4 is 9.46 Å². The van der Waals surface area contributed by atoms with Crippen LogP contribution >= 0.6 is 11.3 Å². The average Bonchev–Trinajstić information content (AvgIpc) is 3.00. The number of benzene rings is 1. The third-order valence-corrected chi connectivity index (χ3v) is 6.11. The number of sulfonamides is 1. The molecule has 0 amide bonds. The summed E-state index contributed by atoms with van der Waals surface area (Å²) in [5.41, 5.74) is 0.244. The van der Waals surface area contributed by atoms with Crippen LogP contribution in [0, 0.1) is 13.8 Å². The van der Waals surface area contributed by atoms with Crippen LogP contribution in [-0.4, -0.2) is 27.2 Å². The number of methoxy groups -OCH3 is 1. The number of hydrogen-bond acceptors (Lipinski definition) is 5. The second kappa shape index (κ2) is 6.60. The highest BCUT2D eigenvalue weighted by Crippen LogP contribution is 2.28. The van der Waals surface area contributed by atoms with Gasteiger partial charge in [-0.3, -0.25) is 0 Å². The smallest absolute Gasteiger partial charge is 0.240 e. The van der Waals surface area contributed by atoms with Crippen molar-refractivity contribution >= 4 is 21.4 Å². The molecular formula is C16H21NO4S2. The SMILES string of the molecule is COc1c(C)cc(S(=O)(=O)NC[C@](C)(O)c2cccs2)cc1C. The summed E-state index contributed by atoms with van der Waals surface area (Å²) in [5, 5.41) is 12.3. The first kappa shape index (κ1) is 17.9. The molecule has 1 aromatic heterocycles. The molecule has 2 N–H and O–H groups in total. The normalized spacial score (nSPS) is 14.5. The fourth-order valence-corrected chi connectivity index (χ4v) is 4.47. The lowest BCUT2D eigenvalue weighted by Crippen LogP contribution is -2.38. The molecule has 1 atom stereocenters. The summed E-state index contributed by atoms with van der Waals surface area (Å²) in [5.74, 6) is 0.675. The van der Waals surface area contributed by atoms with Gasteiger partial charge in [-0.2, -0.15) is 0 Å². The van der Waals surface area contributed by atoms with E-state index in [1.165, 1.54) is 11.3 Å². The van der Waals surface area contributed by atoms with Crippen molar-refractivity contribution in [1.82, 2.24) is 4.72 Å². The van der Waals surface area contributed by atoms with E-state index in [0.717, 1.165) is 11.1 Å². The predicted molar refractivity (Wildman–Crippen MR) is 91.5 cm³/mol. The number of hydrogen-bond donors (Lipinski definition) is 2. The summed E-state index contributed by atoms with van der Waals surface area (Å²) in [6.07, 6.45) is 0. The summed E-state index contributed by atoms with van der Waals surface area (Å²) in [4.78, 5) is 0.873. The van der Waals surface area contributed by atoms with E-state index in [0.29, 0.717) is 10.6 Å². The minimum Gasteiger partial charge on any atom is -0.496 e. The van der Waals surface area contributed by atoms with Crippen molar-refractivity contribution in [3.63, 3.8) is 0 Å². The zero-order valence-electron chi connectivity index (χ0n) is 13.6. The van der Waals surface area contributed by atoms with Gasteiger partial charge in [0.05, 0.1) is 12.0 Å². The Labute approximate surface area is 141 Å². The summed E-state index contributed by atoms with van der Waals surface area (Å²) in [6.45, 7) is 5.09. The molecule has 5 nitrogen and oxygen atoms in total. The van der Waals surface area contributed by atoms with E-state index in [1.54, 1.807) is 46.1 Å². The monoisotopic (exact) mass is 355 g/mol. The first-order valence-electron chi connectivity index (χ1n) is 7.08. The van der Waals surface area contributed by atoms with Crippen LogP contribution in [0.5, 0.6) is 5.75 Å². The molecule has 0 aliphatic rings. The summed E-state index contributed by atoms with van der Waals surface area (Å²) < 4.78 is 32.7. The minimum absolute atomic E-state index is 0.0973. The second-order valence-electron chi connectivity index (χ2n) is 5.67. The van der Waals surface area contributed by atoms with Gasteiger partial charge >= 0.3 is 0 Å². The van der Waals surface area contributed by atoms with Gasteiger partial charge in [-0.1, -0.05) is 6.07 Å². The van der Waals surface area contributed by atoms with Crippen LogP contribution in [0.25, 0.3) is 0 Å². The van der Waals surface area contributed by atoms with E-state index in [4.69, 9.17) is 4.74 Å². The van der Waals surface area contributed by atoms with Crippen LogP contribution in [-0.2, 0) is 15.6 Å². The van der Waals surface area contributed by atoms with Gasteiger partial charge in [-0.25, -0.2) is 13.1 Å². The molecule has 0 saturated carbocycles. The highest BCUT2D eigenvalue weighted by Gasteiger charge is 2.27. The molecular weight excluding hydrogens is 334 g/mol. The van der Waals surface area contributed by atoms with Crippen molar-refractivity contribution in [2.75, 3.05) is 13.7 Å². The molecule has 0 fully saturated rings. The highest BCUT2D eigenvalue weighted by molar-refractivity contribution is 7.89. The Morgan fingerprint density at radius 2 is 1.91 bits per heavy atom. The molecule has 126 valence electrons. The summed E-state index contributed by atoms with van der Waals surface area (Å²) in [6, 6.07) is 6.72.